The molecule has 4 rings (SSSR count). The van der Waals surface area contributed by atoms with Gasteiger partial charge in [-0.15, -0.1) is 10.2 Å². The number of hydrogen-bond donors (Lipinski definition) is 3. The van der Waals surface area contributed by atoms with Crippen LogP contribution >= 0.6 is 0 Å². The van der Waals surface area contributed by atoms with Gasteiger partial charge in [0.1, 0.15) is 12.0 Å². The van der Waals surface area contributed by atoms with E-state index >= 15 is 0 Å². The molecular formula is C14H13N7O2. The fraction of sp³-hybridized carbons (Fsp3) is 0.214. The molecule has 3 heterocycles. The summed E-state index contributed by atoms with van der Waals surface area (Å²) >= 11 is 0. The molecule has 3 aromatic rings. The Morgan fingerprint density at radius 1 is 1.30 bits per heavy atom. The van der Waals surface area contributed by atoms with Crippen LogP contribution in [0.4, 0.5) is 5.69 Å². The highest BCUT2D eigenvalue weighted by Crippen LogP contribution is 2.21. The van der Waals surface area contributed by atoms with Crippen molar-refractivity contribution in [2.75, 3.05) is 5.32 Å². The highest BCUT2D eigenvalue weighted by molar-refractivity contribution is 6.08. The first-order valence-corrected chi connectivity index (χ1v) is 7.16. The van der Waals surface area contributed by atoms with Crippen molar-refractivity contribution < 1.29 is 9.59 Å². The maximum atomic E-state index is 12.3. The molecule has 1 fully saturated rings. The summed E-state index contributed by atoms with van der Waals surface area (Å²) in [5.41, 5.74) is 1.57. The molecule has 3 N–H and O–H groups in total. The molecule has 0 bridgehead atoms. The summed E-state index contributed by atoms with van der Waals surface area (Å²) in [7, 11) is 0. The predicted molar refractivity (Wildman–Crippen MR) is 80.0 cm³/mol. The number of aromatic nitrogens is 5. The highest BCUT2D eigenvalue weighted by Gasteiger charge is 2.26. The van der Waals surface area contributed by atoms with E-state index in [-0.39, 0.29) is 23.6 Å². The summed E-state index contributed by atoms with van der Waals surface area (Å²) in [6, 6.07) is 3.49. The summed E-state index contributed by atoms with van der Waals surface area (Å²) in [5, 5.41) is 19.6. The number of amides is 2. The minimum absolute atomic E-state index is 0.227. The van der Waals surface area contributed by atoms with E-state index in [1.165, 1.54) is 6.20 Å². The second kappa shape index (κ2) is 5.20. The van der Waals surface area contributed by atoms with Crippen LogP contribution in [0.1, 0.15) is 33.7 Å². The molecule has 1 aliphatic carbocycles. The summed E-state index contributed by atoms with van der Waals surface area (Å²) in [6.07, 6.45) is 6.63. The Bertz CT molecular complexity index is 893. The molecular weight excluding hydrogens is 298 g/mol. The first kappa shape index (κ1) is 13.4. The van der Waals surface area contributed by atoms with Gasteiger partial charge in [0.05, 0.1) is 11.9 Å². The Balaban J connectivity index is 1.54. The summed E-state index contributed by atoms with van der Waals surface area (Å²) in [6.45, 7) is 0. The summed E-state index contributed by atoms with van der Waals surface area (Å²) in [4.78, 5) is 24.4. The molecule has 0 aliphatic heterocycles. The van der Waals surface area contributed by atoms with Crippen LogP contribution in [0.15, 0.2) is 30.9 Å². The van der Waals surface area contributed by atoms with E-state index in [9.17, 15) is 9.59 Å². The summed E-state index contributed by atoms with van der Waals surface area (Å²) in [5.74, 6) is -0.620. The Kier molecular flexibility index (Phi) is 3.04. The third-order valence-electron chi connectivity index (χ3n) is 3.59. The number of nitrogens with one attached hydrogen (secondary N) is 3. The molecule has 1 aliphatic rings. The van der Waals surface area contributed by atoms with Gasteiger partial charge in [-0.2, -0.15) is 5.10 Å². The highest BCUT2D eigenvalue weighted by atomic mass is 16.2. The molecule has 0 saturated heterocycles. The molecule has 116 valence electrons. The second-order valence-electron chi connectivity index (χ2n) is 5.37. The number of anilines is 1. The van der Waals surface area contributed by atoms with Gasteiger partial charge < -0.3 is 10.6 Å². The SMILES string of the molecule is O=C(Nc1cn[nH]c1C(=O)NC1CC1)c1ccn2cnnc2c1. The standard InChI is InChI=1S/C14H13N7O2/c22-13(8-3-4-21-7-16-19-11(21)5-8)18-10-6-15-20-12(10)14(23)17-9-1-2-9/h3-7,9H,1-2H2,(H,15,20)(H,17,23)(H,18,22). The van der Waals surface area contributed by atoms with Gasteiger partial charge in [0, 0.05) is 17.8 Å². The Labute approximate surface area is 130 Å². The van der Waals surface area contributed by atoms with Crippen LogP contribution in [-0.2, 0) is 0 Å². The Morgan fingerprint density at radius 2 is 2.17 bits per heavy atom. The molecule has 0 unspecified atom stereocenters. The van der Waals surface area contributed by atoms with Gasteiger partial charge in [0.2, 0.25) is 0 Å². The minimum atomic E-state index is -0.350. The van der Waals surface area contributed by atoms with Crippen LogP contribution in [0.2, 0.25) is 0 Å². The fourth-order valence-corrected chi connectivity index (χ4v) is 2.19. The van der Waals surface area contributed by atoms with Crippen LogP contribution in [0.25, 0.3) is 5.65 Å². The maximum absolute atomic E-state index is 12.3. The zero-order valence-electron chi connectivity index (χ0n) is 12.0. The first-order valence-electron chi connectivity index (χ1n) is 7.16. The van der Waals surface area contributed by atoms with Crippen molar-refractivity contribution in [3.63, 3.8) is 0 Å². The van der Waals surface area contributed by atoms with Crippen LogP contribution in [0.5, 0.6) is 0 Å². The molecule has 1 saturated carbocycles. The van der Waals surface area contributed by atoms with Gasteiger partial charge >= 0.3 is 0 Å². The largest absolute Gasteiger partial charge is 0.348 e. The predicted octanol–water partition coefficient (Wildman–Crippen LogP) is 0.597. The molecule has 2 amide bonds. The molecule has 9 heteroatoms. The molecule has 0 radical (unpaired) electrons. The maximum Gasteiger partial charge on any atom is 0.271 e. The average Bonchev–Trinajstić information content (AvgIpc) is 3.05. The van der Waals surface area contributed by atoms with E-state index in [0.717, 1.165) is 12.8 Å². The van der Waals surface area contributed by atoms with Crippen molar-refractivity contribution in [3.05, 3.63) is 42.1 Å². The smallest absolute Gasteiger partial charge is 0.271 e. The van der Waals surface area contributed by atoms with Gasteiger partial charge in [0.15, 0.2) is 5.65 Å². The number of pyridine rings is 1. The van der Waals surface area contributed by atoms with Crippen LogP contribution < -0.4 is 10.6 Å². The topological polar surface area (TPSA) is 117 Å². The number of rotatable bonds is 4. The van der Waals surface area contributed by atoms with E-state index in [2.05, 4.69) is 31.0 Å². The molecule has 0 atom stereocenters. The van der Waals surface area contributed by atoms with E-state index in [4.69, 9.17) is 0 Å². The van der Waals surface area contributed by atoms with Gasteiger partial charge in [-0.05, 0) is 25.0 Å². The van der Waals surface area contributed by atoms with E-state index in [1.54, 1.807) is 29.1 Å². The first-order chi connectivity index (χ1) is 11.2. The molecule has 23 heavy (non-hydrogen) atoms. The number of carbonyl (C=O) groups excluding carboxylic acids is 2. The second-order valence-corrected chi connectivity index (χ2v) is 5.37. The molecule has 9 nitrogen and oxygen atoms in total. The van der Waals surface area contributed by atoms with Gasteiger partial charge in [0.25, 0.3) is 11.8 Å². The lowest BCUT2D eigenvalue weighted by Gasteiger charge is -2.06. The lowest BCUT2D eigenvalue weighted by molar-refractivity contribution is 0.0947. The fourth-order valence-electron chi connectivity index (χ4n) is 2.19. The third-order valence-corrected chi connectivity index (χ3v) is 3.59. The van der Waals surface area contributed by atoms with Crippen molar-refractivity contribution >= 4 is 23.1 Å². The lowest BCUT2D eigenvalue weighted by Crippen LogP contribution is -2.27. The van der Waals surface area contributed by atoms with Crippen molar-refractivity contribution in [2.45, 2.75) is 18.9 Å². The van der Waals surface area contributed by atoms with Crippen LogP contribution in [-0.4, -0.2) is 42.7 Å². The van der Waals surface area contributed by atoms with Crippen molar-refractivity contribution in [1.82, 2.24) is 30.1 Å². The third kappa shape index (κ3) is 2.63. The average molecular weight is 311 g/mol. The van der Waals surface area contributed by atoms with Crippen molar-refractivity contribution in [2.24, 2.45) is 0 Å². The minimum Gasteiger partial charge on any atom is -0.348 e. The quantitative estimate of drug-likeness (QED) is 0.652. The normalized spacial score (nSPS) is 13.9. The van der Waals surface area contributed by atoms with E-state index in [1.807, 2.05) is 0 Å². The number of hydrogen-bond acceptors (Lipinski definition) is 5. The van der Waals surface area contributed by atoms with E-state index in [0.29, 0.717) is 16.9 Å². The van der Waals surface area contributed by atoms with E-state index < -0.39 is 0 Å². The summed E-state index contributed by atoms with van der Waals surface area (Å²) < 4.78 is 1.70. The molecule has 3 aromatic heterocycles. The van der Waals surface area contributed by atoms with Gasteiger partial charge in [-0.1, -0.05) is 0 Å². The van der Waals surface area contributed by atoms with Gasteiger partial charge in [-0.3, -0.25) is 19.1 Å². The van der Waals surface area contributed by atoms with Gasteiger partial charge in [-0.25, -0.2) is 0 Å². The zero-order valence-corrected chi connectivity index (χ0v) is 12.0. The number of fused-ring (bicyclic) bond motifs is 1. The van der Waals surface area contributed by atoms with Crippen molar-refractivity contribution in [3.8, 4) is 0 Å². The Morgan fingerprint density at radius 3 is 3.00 bits per heavy atom. The number of H-pyrrole nitrogens is 1. The Hall–Kier alpha value is -3.23. The zero-order chi connectivity index (χ0) is 15.8. The van der Waals surface area contributed by atoms with Crippen molar-refractivity contribution in [1.29, 1.82) is 0 Å². The molecule has 0 spiro atoms. The van der Waals surface area contributed by atoms with Crippen LogP contribution in [0, 0.1) is 0 Å². The monoisotopic (exact) mass is 311 g/mol. The number of carbonyl (C=O) groups is 2. The number of aromatic amines is 1. The number of nitrogens with zero attached hydrogens (tertiary/aromatic N) is 4. The van der Waals surface area contributed by atoms with Crippen LogP contribution in [0.3, 0.4) is 0 Å². The lowest BCUT2D eigenvalue weighted by atomic mass is 10.2. The molecule has 0 aromatic carbocycles.